The molecule has 3 rings (SSSR count). The van der Waals surface area contributed by atoms with Gasteiger partial charge in [0.25, 0.3) is 0 Å². The van der Waals surface area contributed by atoms with E-state index in [1.54, 1.807) is 6.08 Å². The summed E-state index contributed by atoms with van der Waals surface area (Å²) in [7, 11) is 0. The molecule has 2 N–H and O–H groups in total. The van der Waals surface area contributed by atoms with Gasteiger partial charge < -0.3 is 15.1 Å². The van der Waals surface area contributed by atoms with Gasteiger partial charge in [0.15, 0.2) is 0 Å². The van der Waals surface area contributed by atoms with Crippen LogP contribution in [-0.4, -0.2) is 35.2 Å². The number of carbonyl (C=O) groups is 1. The van der Waals surface area contributed by atoms with Crippen molar-refractivity contribution >= 4 is 11.7 Å². The Hall–Kier alpha value is -1.88. The van der Waals surface area contributed by atoms with Crippen molar-refractivity contribution in [2.45, 2.75) is 39.5 Å². The van der Waals surface area contributed by atoms with E-state index in [1.807, 2.05) is 13.0 Å². The number of rotatable bonds is 3. The number of hydrogen-bond acceptors (Lipinski definition) is 5. The van der Waals surface area contributed by atoms with Crippen LogP contribution in [0.4, 0.5) is 0 Å². The molecule has 5 nitrogen and oxygen atoms in total. The van der Waals surface area contributed by atoms with E-state index in [4.69, 9.17) is 4.74 Å². The third kappa shape index (κ3) is 2.74. The average molecular weight is 345 g/mol. The minimum Gasteiger partial charge on any atom is -0.458 e. The Bertz CT molecular complexity index is 677. The molecule has 0 bridgehead atoms. The van der Waals surface area contributed by atoms with Crippen molar-refractivity contribution in [1.29, 1.82) is 0 Å². The molecule has 0 spiro atoms. The van der Waals surface area contributed by atoms with Gasteiger partial charge in [-0.15, -0.1) is 0 Å². The molecule has 1 heterocycles. The predicted molar refractivity (Wildman–Crippen MR) is 95.3 cm³/mol. The zero-order valence-electron chi connectivity index (χ0n) is 15.0. The van der Waals surface area contributed by atoms with Crippen LogP contribution >= 0.6 is 0 Å². The van der Waals surface area contributed by atoms with Crippen LogP contribution in [0.1, 0.15) is 39.5 Å². The molecule has 25 heavy (non-hydrogen) atoms. The van der Waals surface area contributed by atoms with Crippen molar-refractivity contribution in [2.24, 2.45) is 27.8 Å². The number of esters is 1. The molecule has 0 unspecified atom stereocenters. The van der Waals surface area contributed by atoms with Crippen LogP contribution in [0.15, 0.2) is 41.1 Å². The summed E-state index contributed by atoms with van der Waals surface area (Å²) < 4.78 is 4.96. The number of oxime groups is 1. The third-order valence-electron chi connectivity index (χ3n) is 6.70. The lowest BCUT2D eigenvalue weighted by Gasteiger charge is -2.57. The highest BCUT2D eigenvalue weighted by molar-refractivity contribution is 5.93. The maximum Gasteiger partial charge on any atom is 0.338 e. The van der Waals surface area contributed by atoms with Gasteiger partial charge in [0.1, 0.15) is 6.61 Å². The van der Waals surface area contributed by atoms with Crippen molar-refractivity contribution < 1.29 is 19.8 Å². The summed E-state index contributed by atoms with van der Waals surface area (Å²) in [6.07, 6.45) is 9.02. The lowest BCUT2D eigenvalue weighted by atomic mass is 9.47. The van der Waals surface area contributed by atoms with Crippen LogP contribution in [0.5, 0.6) is 0 Å². The Morgan fingerprint density at radius 2 is 2.20 bits per heavy atom. The molecule has 2 saturated carbocycles. The molecule has 3 aliphatic rings. The summed E-state index contributed by atoms with van der Waals surface area (Å²) in [6, 6.07) is 0. The Balaban J connectivity index is 1.95. The first kappa shape index (κ1) is 17.9. The maximum absolute atomic E-state index is 11.7. The van der Waals surface area contributed by atoms with Gasteiger partial charge >= 0.3 is 5.97 Å². The summed E-state index contributed by atoms with van der Waals surface area (Å²) in [5.41, 5.74) is 1.82. The second-order valence-corrected chi connectivity index (χ2v) is 7.97. The van der Waals surface area contributed by atoms with Gasteiger partial charge in [0.05, 0.1) is 17.9 Å². The fraction of sp³-hybridized carbons (Fsp3) is 0.600. The molecule has 1 aliphatic heterocycles. The fourth-order valence-electron chi connectivity index (χ4n) is 5.18. The van der Waals surface area contributed by atoms with E-state index in [9.17, 15) is 15.1 Å². The highest BCUT2D eigenvalue weighted by atomic mass is 16.5. The second kappa shape index (κ2) is 6.45. The molecule has 2 aliphatic carbocycles. The second-order valence-electron chi connectivity index (χ2n) is 7.97. The zero-order valence-corrected chi connectivity index (χ0v) is 15.0. The first-order valence-electron chi connectivity index (χ1n) is 8.92. The van der Waals surface area contributed by atoms with Crippen molar-refractivity contribution in [3.8, 4) is 0 Å². The number of carbonyl (C=O) groups excluding carboxylic acids is 1. The average Bonchev–Trinajstić information content (AvgIpc) is 2.99. The van der Waals surface area contributed by atoms with Gasteiger partial charge in [-0.05, 0) is 43.1 Å². The Morgan fingerprint density at radius 3 is 2.80 bits per heavy atom. The quantitative estimate of drug-likeness (QED) is 0.356. The smallest absolute Gasteiger partial charge is 0.338 e. The number of aliphatic hydroxyl groups excluding tert-OH is 1. The van der Waals surface area contributed by atoms with E-state index in [-0.39, 0.29) is 29.8 Å². The summed E-state index contributed by atoms with van der Waals surface area (Å²) in [5.74, 6) is 0.0268. The molecule has 0 amide bonds. The van der Waals surface area contributed by atoms with Gasteiger partial charge in [-0.3, -0.25) is 0 Å². The molecule has 136 valence electrons. The monoisotopic (exact) mass is 345 g/mol. The topological polar surface area (TPSA) is 79.1 Å². The minimum absolute atomic E-state index is 0.0347. The van der Waals surface area contributed by atoms with Crippen LogP contribution in [0, 0.1) is 22.7 Å². The van der Waals surface area contributed by atoms with E-state index in [1.165, 1.54) is 0 Å². The standard InChI is InChI=1S/C20H27NO4/c1-13-4-7-16-19(2,10-8-17(21-24)20(16,3)12-22)15(13)6-5-14-9-11-25-18(14)23/h5-6,9,15-16,22,24H,1,4,7-8,10-12H2,2-3H3/b6-5+,21-17+/t15-,16+,19+,20+/m1/s1. The molecule has 0 radical (unpaired) electrons. The molecular formula is C20H27NO4. The zero-order chi connectivity index (χ0) is 18.2. The van der Waals surface area contributed by atoms with Crippen LogP contribution in [0.3, 0.4) is 0 Å². The SMILES string of the molecule is C=C1CC[C@H]2[C@@](C)(CC/C(=N\O)[C@@]2(C)CO)[C@@H]1/C=C/C1=CCOC1=O. The fourth-order valence-corrected chi connectivity index (χ4v) is 5.18. The molecule has 0 aromatic heterocycles. The van der Waals surface area contributed by atoms with Gasteiger partial charge in [0, 0.05) is 11.3 Å². The lowest BCUT2D eigenvalue weighted by molar-refractivity contribution is -0.135. The molecule has 4 atom stereocenters. The van der Waals surface area contributed by atoms with Crippen molar-refractivity contribution in [3.05, 3.63) is 36.0 Å². The molecule has 0 aromatic carbocycles. The number of fused-ring (bicyclic) bond motifs is 1. The summed E-state index contributed by atoms with van der Waals surface area (Å²) in [5, 5.41) is 23.0. The van der Waals surface area contributed by atoms with Crippen LogP contribution < -0.4 is 0 Å². The largest absolute Gasteiger partial charge is 0.458 e. The van der Waals surface area contributed by atoms with Crippen molar-refractivity contribution in [1.82, 2.24) is 0 Å². The maximum atomic E-state index is 11.7. The predicted octanol–water partition coefficient (Wildman–Crippen LogP) is 3.24. The van der Waals surface area contributed by atoms with E-state index in [2.05, 4.69) is 24.7 Å². The lowest BCUT2D eigenvalue weighted by Crippen LogP contribution is -2.55. The normalized spacial score (nSPS) is 40.3. The van der Waals surface area contributed by atoms with E-state index in [0.29, 0.717) is 24.3 Å². The van der Waals surface area contributed by atoms with Gasteiger partial charge in [-0.1, -0.05) is 43.3 Å². The Kier molecular flexibility index (Phi) is 4.62. The first-order chi connectivity index (χ1) is 11.9. The number of aliphatic hydroxyl groups is 1. The van der Waals surface area contributed by atoms with Crippen molar-refractivity contribution in [3.63, 3.8) is 0 Å². The summed E-state index contributed by atoms with van der Waals surface area (Å²) in [6.45, 7) is 8.81. The number of ether oxygens (including phenoxy) is 1. The number of nitrogens with zero attached hydrogens (tertiary/aromatic N) is 1. The van der Waals surface area contributed by atoms with Gasteiger partial charge in [-0.2, -0.15) is 0 Å². The first-order valence-corrected chi connectivity index (χ1v) is 8.92. The van der Waals surface area contributed by atoms with Gasteiger partial charge in [0.2, 0.25) is 0 Å². The molecule has 2 fully saturated rings. The Labute approximate surface area is 148 Å². The van der Waals surface area contributed by atoms with E-state index in [0.717, 1.165) is 24.8 Å². The molecule has 0 saturated heterocycles. The number of cyclic esters (lactones) is 1. The van der Waals surface area contributed by atoms with Crippen LogP contribution in [0.25, 0.3) is 0 Å². The summed E-state index contributed by atoms with van der Waals surface area (Å²) >= 11 is 0. The number of allylic oxidation sites excluding steroid dienone is 2. The summed E-state index contributed by atoms with van der Waals surface area (Å²) in [4.78, 5) is 11.7. The molecule has 5 heteroatoms. The van der Waals surface area contributed by atoms with E-state index < -0.39 is 5.41 Å². The Morgan fingerprint density at radius 1 is 1.44 bits per heavy atom. The van der Waals surface area contributed by atoms with Crippen LogP contribution in [-0.2, 0) is 9.53 Å². The third-order valence-corrected chi connectivity index (χ3v) is 6.70. The highest BCUT2D eigenvalue weighted by Gasteiger charge is 2.56. The molecular weight excluding hydrogens is 318 g/mol. The van der Waals surface area contributed by atoms with Crippen molar-refractivity contribution in [2.75, 3.05) is 13.2 Å². The van der Waals surface area contributed by atoms with Gasteiger partial charge in [-0.25, -0.2) is 4.79 Å². The van der Waals surface area contributed by atoms with Crippen LogP contribution in [0.2, 0.25) is 0 Å². The number of hydrogen-bond donors (Lipinski definition) is 2. The molecule has 0 aromatic rings. The highest BCUT2D eigenvalue weighted by Crippen LogP contribution is 2.60. The minimum atomic E-state index is -0.528. The van der Waals surface area contributed by atoms with E-state index >= 15 is 0 Å².